The highest BCUT2D eigenvalue weighted by Gasteiger charge is 2.14. The van der Waals surface area contributed by atoms with Crippen LogP contribution in [0, 0.1) is 0 Å². The van der Waals surface area contributed by atoms with Crippen LogP contribution in [0.1, 0.15) is 56.4 Å². The number of alkyl halides is 1. The lowest BCUT2D eigenvalue weighted by atomic mass is 9.84. The fourth-order valence-corrected chi connectivity index (χ4v) is 2.85. The summed E-state index contributed by atoms with van der Waals surface area (Å²) in [6.45, 7) is 0.773. The molecule has 2 rings (SSSR count). The number of hydrogen-bond acceptors (Lipinski definition) is 1. The SMILES string of the molecule is ClCCCCOc1ccc(C2CCCCC2)cc1. The summed E-state index contributed by atoms with van der Waals surface area (Å²) in [4.78, 5) is 0. The molecule has 1 fully saturated rings. The fraction of sp³-hybridized carbons (Fsp3) is 0.625. The van der Waals surface area contributed by atoms with Crippen molar-refractivity contribution in [1.82, 2.24) is 0 Å². The number of ether oxygens (including phenoxy) is 1. The minimum atomic E-state index is 0.726. The maximum Gasteiger partial charge on any atom is 0.119 e. The first kappa shape index (κ1) is 13.7. The third kappa shape index (κ3) is 4.20. The lowest BCUT2D eigenvalue weighted by Crippen LogP contribution is -2.04. The largest absolute Gasteiger partial charge is 0.494 e. The van der Waals surface area contributed by atoms with E-state index in [1.807, 2.05) is 0 Å². The van der Waals surface area contributed by atoms with Crippen molar-refractivity contribution >= 4 is 11.6 Å². The van der Waals surface area contributed by atoms with Crippen LogP contribution in [0.2, 0.25) is 0 Å². The summed E-state index contributed by atoms with van der Waals surface area (Å²) in [6.07, 6.45) is 8.97. The lowest BCUT2D eigenvalue weighted by Gasteiger charge is -2.22. The van der Waals surface area contributed by atoms with Crippen LogP contribution >= 0.6 is 11.6 Å². The predicted molar refractivity (Wildman–Crippen MR) is 77.7 cm³/mol. The minimum absolute atomic E-state index is 0.726. The fourth-order valence-electron chi connectivity index (χ4n) is 2.66. The molecule has 0 unspecified atom stereocenters. The van der Waals surface area contributed by atoms with Crippen molar-refractivity contribution < 1.29 is 4.74 Å². The molecule has 0 atom stereocenters. The van der Waals surface area contributed by atoms with Gasteiger partial charge in [-0.1, -0.05) is 31.4 Å². The summed E-state index contributed by atoms with van der Waals surface area (Å²) >= 11 is 5.63. The Kier molecular flexibility index (Phi) is 5.86. The molecule has 0 heterocycles. The maximum atomic E-state index is 5.69. The molecule has 0 saturated heterocycles. The van der Waals surface area contributed by atoms with Gasteiger partial charge in [0.2, 0.25) is 0 Å². The molecule has 100 valence electrons. The Morgan fingerprint density at radius 2 is 1.72 bits per heavy atom. The molecular formula is C16H23ClO. The van der Waals surface area contributed by atoms with E-state index in [4.69, 9.17) is 16.3 Å². The van der Waals surface area contributed by atoms with Crippen molar-refractivity contribution in [2.45, 2.75) is 50.9 Å². The average molecular weight is 267 g/mol. The van der Waals surface area contributed by atoms with E-state index in [0.717, 1.165) is 37.0 Å². The molecule has 0 amide bonds. The second-order valence-electron chi connectivity index (χ2n) is 5.15. The van der Waals surface area contributed by atoms with E-state index in [-0.39, 0.29) is 0 Å². The molecule has 1 aliphatic rings. The zero-order valence-corrected chi connectivity index (χ0v) is 11.8. The standard InChI is InChI=1S/C16H23ClO/c17-12-4-5-13-18-16-10-8-15(9-11-16)14-6-2-1-3-7-14/h8-11,14H,1-7,12-13H2. The van der Waals surface area contributed by atoms with Crippen molar-refractivity contribution in [3.8, 4) is 5.75 Å². The molecular weight excluding hydrogens is 244 g/mol. The van der Waals surface area contributed by atoms with Crippen LogP contribution in [0.5, 0.6) is 5.75 Å². The van der Waals surface area contributed by atoms with Crippen LogP contribution in [-0.4, -0.2) is 12.5 Å². The highest BCUT2D eigenvalue weighted by Crippen LogP contribution is 2.33. The summed E-state index contributed by atoms with van der Waals surface area (Å²) in [5.41, 5.74) is 1.49. The maximum absolute atomic E-state index is 5.69. The minimum Gasteiger partial charge on any atom is -0.494 e. The molecule has 1 saturated carbocycles. The Morgan fingerprint density at radius 1 is 1.00 bits per heavy atom. The van der Waals surface area contributed by atoms with E-state index in [0.29, 0.717) is 0 Å². The van der Waals surface area contributed by atoms with Gasteiger partial charge in [-0.05, 0) is 49.3 Å². The van der Waals surface area contributed by atoms with E-state index in [1.54, 1.807) is 0 Å². The first-order chi connectivity index (χ1) is 8.90. The van der Waals surface area contributed by atoms with Gasteiger partial charge in [0, 0.05) is 5.88 Å². The van der Waals surface area contributed by atoms with Crippen molar-refractivity contribution in [2.24, 2.45) is 0 Å². The number of benzene rings is 1. The van der Waals surface area contributed by atoms with Crippen molar-refractivity contribution in [3.05, 3.63) is 29.8 Å². The Labute approximate surface area is 115 Å². The van der Waals surface area contributed by atoms with E-state index in [9.17, 15) is 0 Å². The topological polar surface area (TPSA) is 9.23 Å². The molecule has 1 aliphatic carbocycles. The summed E-state index contributed by atoms with van der Waals surface area (Å²) in [6, 6.07) is 8.72. The van der Waals surface area contributed by atoms with Gasteiger partial charge in [-0.15, -0.1) is 11.6 Å². The zero-order chi connectivity index (χ0) is 12.6. The van der Waals surface area contributed by atoms with Crippen LogP contribution < -0.4 is 4.74 Å². The summed E-state index contributed by atoms with van der Waals surface area (Å²) in [5.74, 6) is 2.50. The monoisotopic (exact) mass is 266 g/mol. The molecule has 0 radical (unpaired) electrons. The number of rotatable bonds is 6. The van der Waals surface area contributed by atoms with Gasteiger partial charge in [-0.2, -0.15) is 0 Å². The number of hydrogen-bond donors (Lipinski definition) is 0. The van der Waals surface area contributed by atoms with Gasteiger partial charge < -0.3 is 4.74 Å². The average Bonchev–Trinajstić information content (AvgIpc) is 2.45. The first-order valence-electron chi connectivity index (χ1n) is 7.19. The molecule has 0 aliphatic heterocycles. The Balaban J connectivity index is 1.81. The van der Waals surface area contributed by atoms with E-state index < -0.39 is 0 Å². The van der Waals surface area contributed by atoms with E-state index >= 15 is 0 Å². The van der Waals surface area contributed by atoms with Crippen molar-refractivity contribution in [2.75, 3.05) is 12.5 Å². The number of halogens is 1. The van der Waals surface area contributed by atoms with Gasteiger partial charge in [0.1, 0.15) is 5.75 Å². The highest BCUT2D eigenvalue weighted by molar-refractivity contribution is 6.17. The second-order valence-corrected chi connectivity index (χ2v) is 5.53. The summed E-state index contributed by atoms with van der Waals surface area (Å²) < 4.78 is 5.69. The van der Waals surface area contributed by atoms with E-state index in [2.05, 4.69) is 24.3 Å². The van der Waals surface area contributed by atoms with Crippen molar-refractivity contribution in [1.29, 1.82) is 0 Å². The van der Waals surface area contributed by atoms with Crippen LogP contribution in [0.15, 0.2) is 24.3 Å². The third-order valence-electron chi connectivity index (χ3n) is 3.75. The normalized spacial score (nSPS) is 16.7. The summed E-state index contributed by atoms with van der Waals surface area (Å²) in [7, 11) is 0. The Bertz CT molecular complexity index is 327. The van der Waals surface area contributed by atoms with Gasteiger partial charge in [-0.25, -0.2) is 0 Å². The van der Waals surface area contributed by atoms with Crippen LogP contribution in [-0.2, 0) is 0 Å². The number of unbranched alkanes of at least 4 members (excludes halogenated alkanes) is 1. The second kappa shape index (κ2) is 7.68. The van der Waals surface area contributed by atoms with E-state index in [1.165, 1.54) is 37.7 Å². The highest BCUT2D eigenvalue weighted by atomic mass is 35.5. The Hall–Kier alpha value is -0.690. The smallest absolute Gasteiger partial charge is 0.119 e. The molecule has 0 N–H and O–H groups in total. The van der Waals surface area contributed by atoms with Gasteiger partial charge >= 0.3 is 0 Å². The predicted octanol–water partition coefficient (Wildman–Crippen LogP) is 5.13. The van der Waals surface area contributed by atoms with Gasteiger partial charge in [-0.3, -0.25) is 0 Å². The van der Waals surface area contributed by atoms with Gasteiger partial charge in [0.15, 0.2) is 0 Å². The van der Waals surface area contributed by atoms with Gasteiger partial charge in [0.25, 0.3) is 0 Å². The molecule has 1 aromatic carbocycles. The van der Waals surface area contributed by atoms with Gasteiger partial charge in [0.05, 0.1) is 6.61 Å². The molecule has 1 aromatic rings. The molecule has 0 spiro atoms. The molecule has 0 bridgehead atoms. The van der Waals surface area contributed by atoms with Crippen LogP contribution in [0.3, 0.4) is 0 Å². The molecule has 0 aromatic heterocycles. The van der Waals surface area contributed by atoms with Crippen LogP contribution in [0.4, 0.5) is 0 Å². The quantitative estimate of drug-likeness (QED) is 0.512. The summed E-state index contributed by atoms with van der Waals surface area (Å²) in [5, 5.41) is 0. The zero-order valence-electron chi connectivity index (χ0n) is 11.0. The third-order valence-corrected chi connectivity index (χ3v) is 4.02. The lowest BCUT2D eigenvalue weighted by molar-refractivity contribution is 0.309. The molecule has 2 heteroatoms. The van der Waals surface area contributed by atoms with Crippen LogP contribution in [0.25, 0.3) is 0 Å². The first-order valence-corrected chi connectivity index (χ1v) is 7.72. The molecule has 1 nitrogen and oxygen atoms in total. The Morgan fingerprint density at radius 3 is 2.39 bits per heavy atom. The molecule has 18 heavy (non-hydrogen) atoms. The van der Waals surface area contributed by atoms with Crippen molar-refractivity contribution in [3.63, 3.8) is 0 Å².